The van der Waals surface area contributed by atoms with Crippen LogP contribution in [0.15, 0.2) is 77.6 Å². The number of aromatic nitrogens is 3. The highest BCUT2D eigenvalue weighted by atomic mass is 19.4. The predicted octanol–water partition coefficient (Wildman–Crippen LogP) is 5.59. The lowest BCUT2D eigenvalue weighted by Crippen LogP contribution is -2.37. The Morgan fingerprint density at radius 1 is 0.833 bits per heavy atom. The molecule has 3 aromatic carbocycles. The first kappa shape index (κ1) is 30.4. The molecule has 0 saturated heterocycles. The van der Waals surface area contributed by atoms with Gasteiger partial charge in [0.15, 0.2) is 5.60 Å². The first-order valence-corrected chi connectivity index (χ1v) is 13.3. The smallest absolute Gasteiger partial charge is 0.416 e. The fourth-order valence-corrected chi connectivity index (χ4v) is 4.33. The Morgan fingerprint density at radius 3 is 1.95 bits per heavy atom. The number of aryl methyl sites for hydroxylation is 2. The highest BCUT2D eigenvalue weighted by molar-refractivity contribution is 5.76. The molecule has 0 aliphatic heterocycles. The van der Waals surface area contributed by atoms with Gasteiger partial charge in [-0.15, -0.1) is 0 Å². The molecule has 0 aliphatic carbocycles. The number of carboxylic acids is 1. The summed E-state index contributed by atoms with van der Waals surface area (Å²) < 4.78 is 52.5. The number of nitrogens with zero attached hydrogens (tertiary/aromatic N) is 3. The molecular formula is C31H32F3N3O5. The zero-order valence-corrected chi connectivity index (χ0v) is 23.5. The summed E-state index contributed by atoms with van der Waals surface area (Å²) in [5.41, 5.74) is -0.0671. The number of ether oxygens (including phenoxy) is 2. The molecule has 0 radical (unpaired) electrons. The SMILES string of the molecule is COc1ccc(Cn2c(CCCc3ccc(OC(C)(C)C(=O)O)cc3)nn(Cc3ccc(C(F)(F)F)cc3)c2=O)cc1. The van der Waals surface area contributed by atoms with Crippen molar-refractivity contribution < 1.29 is 32.5 Å². The van der Waals surface area contributed by atoms with Gasteiger partial charge in [-0.2, -0.15) is 18.3 Å². The van der Waals surface area contributed by atoms with Crippen LogP contribution in [-0.4, -0.2) is 38.1 Å². The number of hydrogen-bond donors (Lipinski definition) is 1. The average molecular weight is 584 g/mol. The van der Waals surface area contributed by atoms with Gasteiger partial charge in [-0.25, -0.2) is 14.3 Å². The highest BCUT2D eigenvalue weighted by Crippen LogP contribution is 2.29. The van der Waals surface area contributed by atoms with Crippen molar-refractivity contribution in [1.29, 1.82) is 0 Å². The van der Waals surface area contributed by atoms with Crippen molar-refractivity contribution >= 4 is 5.97 Å². The van der Waals surface area contributed by atoms with Crippen LogP contribution in [0.25, 0.3) is 0 Å². The van der Waals surface area contributed by atoms with E-state index in [4.69, 9.17) is 9.47 Å². The highest BCUT2D eigenvalue weighted by Gasteiger charge is 2.30. The second kappa shape index (κ2) is 12.5. The van der Waals surface area contributed by atoms with Crippen molar-refractivity contribution in [1.82, 2.24) is 14.3 Å². The van der Waals surface area contributed by atoms with Crippen molar-refractivity contribution in [2.24, 2.45) is 0 Å². The van der Waals surface area contributed by atoms with Crippen LogP contribution in [-0.2, 0) is 36.9 Å². The first-order chi connectivity index (χ1) is 19.9. The van der Waals surface area contributed by atoms with E-state index < -0.39 is 23.3 Å². The summed E-state index contributed by atoms with van der Waals surface area (Å²) in [6.07, 6.45) is -2.62. The van der Waals surface area contributed by atoms with E-state index in [1.807, 2.05) is 24.3 Å². The molecule has 4 aromatic rings. The van der Waals surface area contributed by atoms with Gasteiger partial charge in [0.2, 0.25) is 0 Å². The zero-order valence-electron chi connectivity index (χ0n) is 23.5. The summed E-state index contributed by atoms with van der Waals surface area (Å²) in [5, 5.41) is 13.8. The molecule has 0 spiro atoms. The van der Waals surface area contributed by atoms with Crippen LogP contribution < -0.4 is 15.2 Å². The molecule has 0 aliphatic rings. The molecule has 222 valence electrons. The topological polar surface area (TPSA) is 95.6 Å². The Bertz CT molecular complexity index is 1560. The molecule has 0 saturated carbocycles. The van der Waals surface area contributed by atoms with Gasteiger partial charge in [0.05, 0.1) is 25.8 Å². The molecule has 0 atom stereocenters. The summed E-state index contributed by atoms with van der Waals surface area (Å²) in [4.78, 5) is 24.7. The Kier molecular flexibility index (Phi) is 9.08. The van der Waals surface area contributed by atoms with Gasteiger partial charge in [0.25, 0.3) is 0 Å². The van der Waals surface area contributed by atoms with Crippen LogP contribution in [0.3, 0.4) is 0 Å². The zero-order chi connectivity index (χ0) is 30.5. The summed E-state index contributed by atoms with van der Waals surface area (Å²) >= 11 is 0. The average Bonchev–Trinajstić information content (AvgIpc) is 3.23. The molecule has 8 nitrogen and oxygen atoms in total. The Morgan fingerprint density at radius 2 is 1.38 bits per heavy atom. The van der Waals surface area contributed by atoms with Crippen LogP contribution >= 0.6 is 0 Å². The molecule has 0 unspecified atom stereocenters. The molecule has 0 amide bonds. The molecule has 1 aromatic heterocycles. The van der Waals surface area contributed by atoms with E-state index in [2.05, 4.69) is 5.10 Å². The van der Waals surface area contributed by atoms with Gasteiger partial charge in [-0.3, -0.25) is 4.57 Å². The minimum Gasteiger partial charge on any atom is -0.497 e. The lowest BCUT2D eigenvalue weighted by Gasteiger charge is -2.21. The van der Waals surface area contributed by atoms with Gasteiger partial charge in [0, 0.05) is 6.42 Å². The number of rotatable bonds is 12. The van der Waals surface area contributed by atoms with E-state index in [1.165, 1.54) is 30.7 Å². The van der Waals surface area contributed by atoms with Crippen LogP contribution in [0.5, 0.6) is 11.5 Å². The van der Waals surface area contributed by atoms with Crippen molar-refractivity contribution in [3.05, 3.63) is 111 Å². The second-order valence-electron chi connectivity index (χ2n) is 10.4. The first-order valence-electron chi connectivity index (χ1n) is 13.3. The van der Waals surface area contributed by atoms with E-state index in [0.717, 1.165) is 23.3 Å². The fraction of sp³-hybridized carbons (Fsp3) is 0.323. The van der Waals surface area contributed by atoms with E-state index in [0.29, 0.717) is 42.1 Å². The third-order valence-corrected chi connectivity index (χ3v) is 6.79. The standard InChI is InChI=1S/C31H32F3N3O5/c1-30(2,28(38)39)42-26-17-9-21(10-18-26)5-4-6-27-35-37(20-23-7-13-24(14-8-23)31(32,33)34)29(40)36(27)19-22-11-15-25(41-3)16-12-22/h7-18H,4-6,19-20H2,1-3H3,(H,38,39). The van der Waals surface area contributed by atoms with Gasteiger partial charge in [-0.05, 0) is 79.8 Å². The number of carboxylic acid groups (broad SMARTS) is 1. The quantitative estimate of drug-likeness (QED) is 0.234. The van der Waals surface area contributed by atoms with E-state index in [-0.39, 0.29) is 18.8 Å². The number of aliphatic carboxylic acids is 1. The van der Waals surface area contributed by atoms with Gasteiger partial charge >= 0.3 is 17.8 Å². The molecule has 42 heavy (non-hydrogen) atoms. The van der Waals surface area contributed by atoms with Crippen LogP contribution in [0.1, 0.15) is 48.3 Å². The normalized spacial score (nSPS) is 11.9. The molecule has 11 heteroatoms. The summed E-state index contributed by atoms with van der Waals surface area (Å²) in [6, 6.07) is 19.2. The Balaban J connectivity index is 1.50. The molecule has 0 fully saturated rings. The number of hydrogen-bond acceptors (Lipinski definition) is 5. The van der Waals surface area contributed by atoms with E-state index in [1.54, 1.807) is 35.9 Å². The fourth-order valence-electron chi connectivity index (χ4n) is 4.33. The van der Waals surface area contributed by atoms with Crippen LogP contribution in [0.2, 0.25) is 0 Å². The maximum Gasteiger partial charge on any atom is 0.416 e. The predicted molar refractivity (Wildman–Crippen MR) is 150 cm³/mol. The van der Waals surface area contributed by atoms with Gasteiger partial charge < -0.3 is 14.6 Å². The van der Waals surface area contributed by atoms with Crippen molar-refractivity contribution in [3.63, 3.8) is 0 Å². The molecule has 4 rings (SSSR count). The third-order valence-electron chi connectivity index (χ3n) is 6.79. The Hall–Kier alpha value is -4.54. The molecular weight excluding hydrogens is 551 g/mol. The van der Waals surface area contributed by atoms with E-state index >= 15 is 0 Å². The number of halogens is 3. The van der Waals surface area contributed by atoms with E-state index in [9.17, 15) is 27.9 Å². The Labute approximate surface area is 240 Å². The molecule has 0 bridgehead atoms. The van der Waals surface area contributed by atoms with Crippen molar-refractivity contribution in [3.8, 4) is 11.5 Å². The lowest BCUT2D eigenvalue weighted by molar-refractivity contribution is -0.152. The maximum atomic E-state index is 13.4. The lowest BCUT2D eigenvalue weighted by atomic mass is 10.1. The number of benzene rings is 3. The number of alkyl halides is 3. The largest absolute Gasteiger partial charge is 0.497 e. The summed E-state index contributed by atoms with van der Waals surface area (Å²) in [6.45, 7) is 3.27. The molecule has 1 heterocycles. The number of methoxy groups -OCH3 is 1. The van der Waals surface area contributed by atoms with Crippen LogP contribution in [0, 0.1) is 0 Å². The van der Waals surface area contributed by atoms with Crippen molar-refractivity contribution in [2.75, 3.05) is 7.11 Å². The van der Waals surface area contributed by atoms with Gasteiger partial charge in [0.1, 0.15) is 17.3 Å². The summed E-state index contributed by atoms with van der Waals surface area (Å²) in [5.74, 6) is 0.629. The van der Waals surface area contributed by atoms with Crippen molar-refractivity contribution in [2.45, 2.75) is 58.0 Å². The van der Waals surface area contributed by atoms with Crippen LogP contribution in [0.4, 0.5) is 13.2 Å². The summed E-state index contributed by atoms with van der Waals surface area (Å²) in [7, 11) is 1.57. The number of carbonyl (C=O) groups is 1. The second-order valence-corrected chi connectivity index (χ2v) is 10.4. The van der Waals surface area contributed by atoms with Gasteiger partial charge in [-0.1, -0.05) is 36.4 Å². The molecule has 1 N–H and O–H groups in total. The third kappa shape index (κ3) is 7.59. The minimum absolute atomic E-state index is 0.0355. The monoisotopic (exact) mass is 583 g/mol. The minimum atomic E-state index is -4.44. The maximum absolute atomic E-state index is 13.4.